The smallest absolute Gasteiger partial charge is 0.259 e. The Balaban J connectivity index is 1.34. The van der Waals surface area contributed by atoms with Crippen molar-refractivity contribution in [2.75, 3.05) is 24.5 Å². The minimum atomic E-state index is 0.0222. The lowest BCUT2D eigenvalue weighted by Crippen LogP contribution is -2.45. The van der Waals surface area contributed by atoms with Crippen LogP contribution in [0.3, 0.4) is 0 Å². The Labute approximate surface area is 177 Å². The number of ether oxygens (including phenoxy) is 1. The lowest BCUT2D eigenvalue weighted by molar-refractivity contribution is 0.0685. The number of carbonyl (C=O) groups is 1. The van der Waals surface area contributed by atoms with E-state index in [0.717, 1.165) is 49.7 Å². The van der Waals surface area contributed by atoms with Crippen LogP contribution < -0.4 is 9.64 Å². The number of fused-ring (bicyclic) bond motifs is 2. The summed E-state index contributed by atoms with van der Waals surface area (Å²) >= 11 is 0. The van der Waals surface area contributed by atoms with Gasteiger partial charge in [0.25, 0.3) is 5.91 Å². The molecular formula is C23H29N5O2. The molecule has 1 amide bonds. The first kappa shape index (κ1) is 19.3. The highest BCUT2D eigenvalue weighted by Crippen LogP contribution is 2.34. The van der Waals surface area contributed by atoms with Crippen LogP contribution in [-0.4, -0.2) is 57.5 Å². The van der Waals surface area contributed by atoms with Crippen molar-refractivity contribution in [3.63, 3.8) is 0 Å². The van der Waals surface area contributed by atoms with Crippen LogP contribution in [0.4, 0.5) is 5.95 Å². The number of aryl methyl sites for hydroxylation is 2. The number of pyridine rings is 1. The molecule has 1 aliphatic carbocycles. The Morgan fingerprint density at radius 1 is 1.10 bits per heavy atom. The van der Waals surface area contributed by atoms with Gasteiger partial charge in [0, 0.05) is 43.3 Å². The summed E-state index contributed by atoms with van der Waals surface area (Å²) in [6, 6.07) is 5.92. The maximum Gasteiger partial charge on any atom is 0.259 e. The number of rotatable bonds is 4. The van der Waals surface area contributed by atoms with E-state index in [0.29, 0.717) is 23.9 Å². The first-order valence-corrected chi connectivity index (χ1v) is 11.1. The van der Waals surface area contributed by atoms with Crippen LogP contribution in [0.15, 0.2) is 24.4 Å². The molecule has 3 aliphatic rings. The molecule has 158 valence electrons. The summed E-state index contributed by atoms with van der Waals surface area (Å²) in [6.45, 7) is 6.35. The standard InChI is InChI=1S/C23H29N5O2/c1-15-10-16(2)26-23(25-15)28-13-17-11-18(28)14-27(12-17)22(29)20-8-5-9-24-21(20)30-19-6-3-4-7-19/h5,8-10,17-19H,3-4,6-7,11-14H2,1-2H3. The molecule has 0 aromatic carbocycles. The second kappa shape index (κ2) is 7.85. The largest absolute Gasteiger partial charge is 0.474 e. The van der Waals surface area contributed by atoms with E-state index < -0.39 is 0 Å². The van der Waals surface area contributed by atoms with Crippen LogP contribution in [0.25, 0.3) is 0 Å². The Morgan fingerprint density at radius 3 is 2.63 bits per heavy atom. The van der Waals surface area contributed by atoms with Gasteiger partial charge in [-0.15, -0.1) is 0 Å². The van der Waals surface area contributed by atoms with E-state index >= 15 is 0 Å². The van der Waals surface area contributed by atoms with Crippen molar-refractivity contribution in [1.29, 1.82) is 0 Å². The number of carbonyl (C=O) groups excluding carboxylic acids is 1. The van der Waals surface area contributed by atoms with Crippen molar-refractivity contribution in [2.45, 2.75) is 58.1 Å². The lowest BCUT2D eigenvalue weighted by atomic mass is 9.99. The number of hydrogen-bond acceptors (Lipinski definition) is 6. The van der Waals surface area contributed by atoms with E-state index in [1.165, 1.54) is 12.8 Å². The molecule has 2 unspecified atom stereocenters. The lowest BCUT2D eigenvalue weighted by Gasteiger charge is -2.33. The van der Waals surface area contributed by atoms with Crippen LogP contribution in [0.1, 0.15) is 53.8 Å². The van der Waals surface area contributed by atoms with Crippen molar-refractivity contribution in [1.82, 2.24) is 19.9 Å². The molecule has 0 N–H and O–H groups in total. The van der Waals surface area contributed by atoms with Crippen molar-refractivity contribution in [2.24, 2.45) is 5.92 Å². The molecule has 2 aliphatic heterocycles. The molecular weight excluding hydrogens is 378 g/mol. The van der Waals surface area contributed by atoms with Gasteiger partial charge in [0.2, 0.25) is 11.8 Å². The molecule has 2 saturated heterocycles. The fourth-order valence-electron chi connectivity index (χ4n) is 5.19. The number of hydrogen-bond donors (Lipinski definition) is 0. The van der Waals surface area contributed by atoms with Gasteiger partial charge < -0.3 is 14.5 Å². The second-order valence-corrected chi connectivity index (χ2v) is 8.95. The van der Waals surface area contributed by atoms with Crippen molar-refractivity contribution in [3.8, 4) is 5.88 Å². The monoisotopic (exact) mass is 407 g/mol. The van der Waals surface area contributed by atoms with Crippen LogP contribution in [-0.2, 0) is 0 Å². The average molecular weight is 408 g/mol. The average Bonchev–Trinajstić information content (AvgIpc) is 3.34. The van der Waals surface area contributed by atoms with Gasteiger partial charge in [0.15, 0.2) is 0 Å². The fourth-order valence-corrected chi connectivity index (χ4v) is 5.19. The molecule has 3 fully saturated rings. The third kappa shape index (κ3) is 3.73. The van der Waals surface area contributed by atoms with Gasteiger partial charge in [-0.25, -0.2) is 15.0 Å². The highest BCUT2D eigenvalue weighted by molar-refractivity contribution is 5.96. The third-order valence-electron chi connectivity index (χ3n) is 6.51. The van der Waals surface area contributed by atoms with Crippen molar-refractivity contribution < 1.29 is 9.53 Å². The van der Waals surface area contributed by atoms with Crippen LogP contribution in [0.5, 0.6) is 5.88 Å². The molecule has 1 saturated carbocycles. The minimum Gasteiger partial charge on any atom is -0.474 e. The number of anilines is 1. The summed E-state index contributed by atoms with van der Waals surface area (Å²) in [5, 5.41) is 0. The van der Waals surface area contributed by atoms with Crippen molar-refractivity contribution in [3.05, 3.63) is 41.3 Å². The second-order valence-electron chi connectivity index (χ2n) is 8.95. The summed E-state index contributed by atoms with van der Waals surface area (Å²) in [5.74, 6) is 1.74. The number of nitrogens with zero attached hydrogens (tertiary/aromatic N) is 5. The van der Waals surface area contributed by atoms with Crippen LogP contribution in [0.2, 0.25) is 0 Å². The Hall–Kier alpha value is -2.70. The zero-order valence-corrected chi connectivity index (χ0v) is 17.8. The molecule has 2 aromatic rings. The number of likely N-dealkylation sites (tertiary alicyclic amines) is 1. The van der Waals surface area contributed by atoms with Crippen LogP contribution in [0, 0.1) is 19.8 Å². The maximum atomic E-state index is 13.4. The molecule has 7 heteroatoms. The summed E-state index contributed by atoms with van der Waals surface area (Å²) in [6.07, 6.45) is 7.44. The summed E-state index contributed by atoms with van der Waals surface area (Å²) in [5.41, 5.74) is 2.55. The molecule has 2 atom stereocenters. The summed E-state index contributed by atoms with van der Waals surface area (Å²) < 4.78 is 6.12. The van der Waals surface area contributed by atoms with E-state index in [2.05, 4.69) is 19.9 Å². The van der Waals surface area contributed by atoms with Crippen LogP contribution >= 0.6 is 0 Å². The van der Waals surface area contributed by atoms with E-state index in [4.69, 9.17) is 4.74 Å². The van der Waals surface area contributed by atoms with Gasteiger partial charge in [-0.1, -0.05) is 0 Å². The fraction of sp³-hybridized carbons (Fsp3) is 0.565. The number of amides is 1. The van der Waals surface area contributed by atoms with Gasteiger partial charge in [-0.3, -0.25) is 4.79 Å². The van der Waals surface area contributed by atoms with Gasteiger partial charge in [-0.2, -0.15) is 0 Å². The van der Waals surface area contributed by atoms with Gasteiger partial charge >= 0.3 is 0 Å². The molecule has 4 heterocycles. The van der Waals surface area contributed by atoms with E-state index in [9.17, 15) is 4.79 Å². The van der Waals surface area contributed by atoms with Gasteiger partial charge in [-0.05, 0) is 70.1 Å². The molecule has 0 spiro atoms. The summed E-state index contributed by atoms with van der Waals surface area (Å²) in [4.78, 5) is 31.4. The molecule has 5 rings (SSSR count). The molecule has 2 aromatic heterocycles. The quantitative estimate of drug-likeness (QED) is 0.775. The minimum absolute atomic E-state index is 0.0222. The predicted octanol–water partition coefficient (Wildman–Crippen LogP) is 3.16. The molecule has 0 radical (unpaired) electrons. The maximum absolute atomic E-state index is 13.4. The Bertz CT molecular complexity index is 923. The van der Waals surface area contributed by atoms with E-state index in [1.807, 2.05) is 36.9 Å². The Morgan fingerprint density at radius 2 is 1.87 bits per heavy atom. The molecule has 2 bridgehead atoms. The predicted molar refractivity (Wildman–Crippen MR) is 114 cm³/mol. The molecule has 7 nitrogen and oxygen atoms in total. The van der Waals surface area contributed by atoms with Gasteiger partial charge in [0.1, 0.15) is 11.7 Å². The van der Waals surface area contributed by atoms with Gasteiger partial charge in [0.05, 0.1) is 0 Å². The zero-order valence-electron chi connectivity index (χ0n) is 17.8. The topological polar surface area (TPSA) is 71.5 Å². The first-order chi connectivity index (χ1) is 14.6. The molecule has 30 heavy (non-hydrogen) atoms. The van der Waals surface area contributed by atoms with Crippen molar-refractivity contribution >= 4 is 11.9 Å². The number of piperidine rings is 1. The highest BCUT2D eigenvalue weighted by Gasteiger charge is 2.42. The summed E-state index contributed by atoms with van der Waals surface area (Å²) in [7, 11) is 0. The zero-order chi connectivity index (χ0) is 20.7. The normalized spacial score (nSPS) is 23.8. The highest BCUT2D eigenvalue weighted by atomic mass is 16.5. The SMILES string of the molecule is Cc1cc(C)nc(N2CC3CC2CN(C(=O)c2cccnc2OC2CCCC2)C3)n1. The van der Waals surface area contributed by atoms with E-state index in [-0.39, 0.29) is 18.1 Å². The van der Waals surface area contributed by atoms with E-state index in [1.54, 1.807) is 6.20 Å². The number of aromatic nitrogens is 3. The third-order valence-corrected chi connectivity index (χ3v) is 6.51. The Kier molecular flexibility index (Phi) is 5.05. The first-order valence-electron chi connectivity index (χ1n) is 11.1.